The summed E-state index contributed by atoms with van der Waals surface area (Å²) >= 11 is 8.20. The molecule has 2 aromatic rings. The first-order valence-corrected chi connectivity index (χ1v) is 15.2. The average molecular weight is 602 g/mol. The summed E-state index contributed by atoms with van der Waals surface area (Å²) in [5.74, 6) is -0.0399. The van der Waals surface area contributed by atoms with Crippen molar-refractivity contribution in [1.29, 1.82) is 0 Å². The summed E-state index contributed by atoms with van der Waals surface area (Å²) in [5.41, 5.74) is 2.84. The molecule has 0 spiro atoms. The van der Waals surface area contributed by atoms with Gasteiger partial charge in [-0.05, 0) is 90.1 Å². The number of halogens is 1. The minimum atomic E-state index is -0.571. The summed E-state index contributed by atoms with van der Waals surface area (Å²) in [6.45, 7) is 15.1. The molecule has 1 aromatic heterocycles. The molecule has 1 N–H and O–H groups in total. The summed E-state index contributed by atoms with van der Waals surface area (Å²) in [5, 5.41) is 3.49. The molecular weight excluding hydrogens is 562 g/mol. The molecule has 1 saturated heterocycles. The Balaban J connectivity index is 1.40. The minimum absolute atomic E-state index is 0.0399. The number of benzene rings is 1. The van der Waals surface area contributed by atoms with E-state index in [1.165, 1.54) is 11.3 Å². The Labute approximate surface area is 251 Å². The Morgan fingerprint density at radius 2 is 1.71 bits per heavy atom. The Bertz CT molecular complexity index is 1350. The van der Waals surface area contributed by atoms with E-state index in [0.29, 0.717) is 48.9 Å². The average Bonchev–Trinajstić information content (AvgIpc) is 3.48. The third kappa shape index (κ3) is 8.04. The number of aryl methyl sites for hydroxylation is 1. The third-order valence-corrected chi connectivity index (χ3v) is 8.35. The Morgan fingerprint density at radius 1 is 1.00 bits per heavy atom. The van der Waals surface area contributed by atoms with Gasteiger partial charge in [0.25, 0.3) is 5.91 Å². The van der Waals surface area contributed by atoms with Crippen molar-refractivity contribution < 1.29 is 23.9 Å². The fourth-order valence-electron chi connectivity index (χ4n) is 4.85. The van der Waals surface area contributed by atoms with Crippen LogP contribution in [0.1, 0.15) is 75.2 Å². The van der Waals surface area contributed by atoms with Crippen LogP contribution in [0, 0.1) is 6.92 Å². The van der Waals surface area contributed by atoms with Crippen LogP contribution in [-0.4, -0.2) is 71.3 Å². The number of rotatable bonds is 4. The molecule has 0 saturated carbocycles. The van der Waals surface area contributed by atoms with E-state index in [0.717, 1.165) is 27.1 Å². The second-order valence-electron chi connectivity index (χ2n) is 12.6. The Kier molecular flexibility index (Phi) is 9.09. The molecule has 2 aliphatic heterocycles. The standard InChI is InChI=1S/C31H40ClN3O5S/c1-19-16-25(41-26(19)27(36)35-15-12-22(18-35)33-28(37)39-30(2,3)4)23-9-8-21(17-24(23)32)20-10-13-34(14-11-20)29(38)40-31(5,6)7/h8-10,16-17,22H,11-15,18H2,1-7H3,(H,33,37)/t22-/m0/s1. The lowest BCUT2D eigenvalue weighted by Crippen LogP contribution is -2.41. The van der Waals surface area contributed by atoms with Gasteiger partial charge >= 0.3 is 12.2 Å². The van der Waals surface area contributed by atoms with Crippen molar-refractivity contribution >= 4 is 46.6 Å². The molecule has 0 unspecified atom stereocenters. The molecular formula is C31H40ClN3O5S. The molecule has 2 aliphatic rings. The number of alkyl carbamates (subject to hydrolysis) is 1. The SMILES string of the molecule is Cc1cc(-c2ccc(C3=CCN(C(=O)OC(C)(C)C)CC3)cc2Cl)sc1C(=O)N1CC[C@H](NC(=O)OC(C)(C)C)C1. The van der Waals surface area contributed by atoms with Crippen LogP contribution in [-0.2, 0) is 9.47 Å². The zero-order valence-electron chi connectivity index (χ0n) is 24.9. The van der Waals surface area contributed by atoms with Gasteiger partial charge in [0.1, 0.15) is 11.2 Å². The molecule has 0 radical (unpaired) electrons. The third-order valence-electron chi connectivity index (χ3n) is 6.77. The molecule has 0 aliphatic carbocycles. The molecule has 41 heavy (non-hydrogen) atoms. The first-order valence-electron chi connectivity index (χ1n) is 14.0. The van der Waals surface area contributed by atoms with Crippen molar-refractivity contribution in [2.45, 2.75) is 78.6 Å². The number of thiophene rings is 1. The van der Waals surface area contributed by atoms with Gasteiger partial charge in [0.15, 0.2) is 0 Å². The zero-order chi connectivity index (χ0) is 30.1. The largest absolute Gasteiger partial charge is 0.444 e. The van der Waals surface area contributed by atoms with Crippen LogP contribution in [0.2, 0.25) is 5.02 Å². The maximum atomic E-state index is 13.4. The lowest BCUT2D eigenvalue weighted by molar-refractivity contribution is 0.0270. The van der Waals surface area contributed by atoms with Gasteiger partial charge in [-0.25, -0.2) is 9.59 Å². The van der Waals surface area contributed by atoms with Crippen molar-refractivity contribution in [1.82, 2.24) is 15.1 Å². The highest BCUT2D eigenvalue weighted by Crippen LogP contribution is 2.38. The first-order chi connectivity index (χ1) is 19.1. The number of likely N-dealkylation sites (tertiary alicyclic amines) is 1. The number of carbonyl (C=O) groups is 3. The van der Waals surface area contributed by atoms with Crippen LogP contribution < -0.4 is 5.32 Å². The summed E-state index contributed by atoms with van der Waals surface area (Å²) in [4.78, 5) is 43.0. The molecule has 4 rings (SSSR count). The van der Waals surface area contributed by atoms with Gasteiger partial charge in [-0.1, -0.05) is 29.8 Å². The number of nitrogens with zero attached hydrogens (tertiary/aromatic N) is 2. The van der Waals surface area contributed by atoms with Crippen LogP contribution in [0.5, 0.6) is 0 Å². The predicted molar refractivity (Wildman–Crippen MR) is 164 cm³/mol. The fourth-order valence-corrected chi connectivity index (χ4v) is 6.36. The molecule has 222 valence electrons. The highest BCUT2D eigenvalue weighted by molar-refractivity contribution is 7.17. The van der Waals surface area contributed by atoms with Crippen LogP contribution >= 0.6 is 22.9 Å². The van der Waals surface area contributed by atoms with Crippen molar-refractivity contribution in [2.75, 3.05) is 26.2 Å². The monoisotopic (exact) mass is 601 g/mol. The minimum Gasteiger partial charge on any atom is -0.444 e. The van der Waals surface area contributed by atoms with Gasteiger partial charge in [-0.3, -0.25) is 4.79 Å². The smallest absolute Gasteiger partial charge is 0.410 e. The highest BCUT2D eigenvalue weighted by Gasteiger charge is 2.31. The highest BCUT2D eigenvalue weighted by atomic mass is 35.5. The lowest BCUT2D eigenvalue weighted by atomic mass is 9.98. The van der Waals surface area contributed by atoms with Crippen molar-refractivity contribution in [2.24, 2.45) is 0 Å². The van der Waals surface area contributed by atoms with Gasteiger partial charge in [0.05, 0.1) is 10.9 Å². The fraction of sp³-hybridized carbons (Fsp3) is 0.516. The van der Waals surface area contributed by atoms with E-state index in [4.69, 9.17) is 21.1 Å². The van der Waals surface area contributed by atoms with E-state index in [1.54, 1.807) is 9.80 Å². The quantitative estimate of drug-likeness (QED) is 0.402. The number of nitrogens with one attached hydrogen (secondary N) is 1. The number of carbonyl (C=O) groups excluding carboxylic acids is 3. The van der Waals surface area contributed by atoms with E-state index in [1.807, 2.05) is 78.8 Å². The second-order valence-corrected chi connectivity index (χ2v) is 14.1. The van der Waals surface area contributed by atoms with Crippen molar-refractivity contribution in [3.05, 3.63) is 51.4 Å². The topological polar surface area (TPSA) is 88.2 Å². The lowest BCUT2D eigenvalue weighted by Gasteiger charge is -2.29. The summed E-state index contributed by atoms with van der Waals surface area (Å²) in [6, 6.07) is 7.86. The van der Waals surface area contributed by atoms with Gasteiger partial charge in [0.2, 0.25) is 0 Å². The molecule has 1 fully saturated rings. The van der Waals surface area contributed by atoms with E-state index in [-0.39, 0.29) is 18.0 Å². The normalized spacial score (nSPS) is 17.8. The van der Waals surface area contributed by atoms with Crippen LogP contribution in [0.15, 0.2) is 30.3 Å². The Hall–Kier alpha value is -3.04. The maximum absolute atomic E-state index is 13.4. The number of ether oxygens (including phenoxy) is 2. The summed E-state index contributed by atoms with van der Waals surface area (Å²) in [7, 11) is 0. The van der Waals surface area contributed by atoms with Gasteiger partial charge in [-0.15, -0.1) is 11.3 Å². The molecule has 0 bridgehead atoms. The van der Waals surface area contributed by atoms with Gasteiger partial charge in [-0.2, -0.15) is 0 Å². The summed E-state index contributed by atoms with van der Waals surface area (Å²) < 4.78 is 10.8. The first kappa shape index (κ1) is 30.9. The zero-order valence-corrected chi connectivity index (χ0v) is 26.5. The molecule has 3 heterocycles. The molecule has 8 nitrogen and oxygen atoms in total. The maximum Gasteiger partial charge on any atom is 0.410 e. The molecule has 1 atom stereocenters. The molecule has 1 aromatic carbocycles. The molecule has 10 heteroatoms. The predicted octanol–water partition coefficient (Wildman–Crippen LogP) is 7.14. The van der Waals surface area contributed by atoms with Gasteiger partial charge < -0.3 is 24.6 Å². The van der Waals surface area contributed by atoms with E-state index >= 15 is 0 Å². The summed E-state index contributed by atoms with van der Waals surface area (Å²) in [6.07, 6.45) is 2.68. The van der Waals surface area contributed by atoms with Crippen LogP contribution in [0.4, 0.5) is 9.59 Å². The molecule has 3 amide bonds. The second kappa shape index (κ2) is 12.1. The van der Waals surface area contributed by atoms with E-state index in [2.05, 4.69) is 5.32 Å². The Morgan fingerprint density at radius 3 is 2.32 bits per heavy atom. The van der Waals surface area contributed by atoms with Crippen molar-refractivity contribution in [3.8, 4) is 10.4 Å². The van der Waals surface area contributed by atoms with E-state index in [9.17, 15) is 14.4 Å². The van der Waals surface area contributed by atoms with Crippen molar-refractivity contribution in [3.63, 3.8) is 0 Å². The van der Waals surface area contributed by atoms with E-state index < -0.39 is 17.3 Å². The number of hydrogen-bond donors (Lipinski definition) is 1. The van der Waals surface area contributed by atoms with Crippen LogP contribution in [0.25, 0.3) is 16.0 Å². The number of hydrogen-bond acceptors (Lipinski definition) is 6. The van der Waals surface area contributed by atoms with Crippen LogP contribution in [0.3, 0.4) is 0 Å². The van der Waals surface area contributed by atoms with Gasteiger partial charge in [0, 0.05) is 41.6 Å². The number of amides is 3.